The minimum atomic E-state index is 0.113. The van der Waals surface area contributed by atoms with Gasteiger partial charge in [-0.3, -0.25) is 0 Å². The molecule has 0 bridgehead atoms. The van der Waals surface area contributed by atoms with E-state index in [1.54, 1.807) is 7.11 Å². The summed E-state index contributed by atoms with van der Waals surface area (Å²) in [5, 5.41) is 0. The number of methoxy groups -OCH3 is 1. The van der Waals surface area contributed by atoms with E-state index in [4.69, 9.17) is 9.47 Å². The second-order valence-electron chi connectivity index (χ2n) is 6.88. The molecule has 1 heterocycles. The Kier molecular flexibility index (Phi) is 5.03. The van der Waals surface area contributed by atoms with Crippen molar-refractivity contribution in [2.45, 2.75) is 31.0 Å². The van der Waals surface area contributed by atoms with Crippen molar-refractivity contribution in [2.24, 2.45) is 0 Å². The van der Waals surface area contributed by atoms with E-state index < -0.39 is 0 Å². The van der Waals surface area contributed by atoms with E-state index in [9.17, 15) is 0 Å². The molecule has 1 aliphatic rings. The van der Waals surface area contributed by atoms with E-state index in [1.165, 1.54) is 16.7 Å². The smallest absolute Gasteiger partial charge is 0.118 e. The minimum Gasteiger partial charge on any atom is -0.497 e. The average Bonchev–Trinajstić information content (AvgIpc) is 2.75. The van der Waals surface area contributed by atoms with Crippen molar-refractivity contribution in [3.63, 3.8) is 0 Å². The summed E-state index contributed by atoms with van der Waals surface area (Å²) in [6, 6.07) is 29.7. The summed E-state index contributed by atoms with van der Waals surface area (Å²) < 4.78 is 11.8. The van der Waals surface area contributed by atoms with Gasteiger partial charge in [0.2, 0.25) is 0 Å². The van der Waals surface area contributed by atoms with Crippen LogP contribution >= 0.6 is 0 Å². The van der Waals surface area contributed by atoms with Crippen LogP contribution in [0, 0.1) is 0 Å². The monoisotopic (exact) mass is 344 g/mol. The van der Waals surface area contributed by atoms with Crippen LogP contribution in [0.3, 0.4) is 0 Å². The highest BCUT2D eigenvalue weighted by Gasteiger charge is 2.32. The first-order valence-corrected chi connectivity index (χ1v) is 9.23. The largest absolute Gasteiger partial charge is 0.497 e. The van der Waals surface area contributed by atoms with Crippen LogP contribution in [-0.2, 0) is 4.74 Å². The standard InChI is InChI=1S/C24H24O2/c1-25-22-14-12-18(13-15-22)21-16-23(19-8-4-2-5-9-19)26-24(17-21)20-10-6-3-7-11-20/h2-15,21,23-24H,16-17H2,1H3/t21?,23-,24+. The fourth-order valence-electron chi connectivity index (χ4n) is 3.84. The van der Waals surface area contributed by atoms with Gasteiger partial charge in [0.1, 0.15) is 5.75 Å². The first-order valence-electron chi connectivity index (χ1n) is 9.23. The molecule has 0 amide bonds. The Bertz CT molecular complexity index is 764. The third-order valence-corrected chi connectivity index (χ3v) is 5.26. The van der Waals surface area contributed by atoms with Gasteiger partial charge in [-0.1, -0.05) is 72.8 Å². The Morgan fingerprint density at radius 2 is 1.15 bits per heavy atom. The Hall–Kier alpha value is -2.58. The lowest BCUT2D eigenvalue weighted by molar-refractivity contribution is -0.0619. The van der Waals surface area contributed by atoms with E-state index in [-0.39, 0.29) is 12.2 Å². The average molecular weight is 344 g/mol. The molecule has 0 radical (unpaired) electrons. The number of hydrogen-bond donors (Lipinski definition) is 0. The van der Waals surface area contributed by atoms with Crippen LogP contribution in [0.2, 0.25) is 0 Å². The lowest BCUT2D eigenvalue weighted by Gasteiger charge is -2.36. The molecule has 1 saturated heterocycles. The third-order valence-electron chi connectivity index (χ3n) is 5.26. The summed E-state index contributed by atoms with van der Waals surface area (Å²) in [5.74, 6) is 1.37. The molecule has 4 rings (SSSR count). The predicted molar refractivity (Wildman–Crippen MR) is 104 cm³/mol. The maximum Gasteiger partial charge on any atom is 0.118 e. The number of rotatable bonds is 4. The molecule has 2 nitrogen and oxygen atoms in total. The first-order chi connectivity index (χ1) is 12.8. The molecular formula is C24H24O2. The van der Waals surface area contributed by atoms with Crippen molar-refractivity contribution in [3.8, 4) is 5.75 Å². The molecule has 1 fully saturated rings. The second kappa shape index (κ2) is 7.76. The summed E-state index contributed by atoms with van der Waals surface area (Å²) in [5.41, 5.74) is 3.87. The summed E-state index contributed by atoms with van der Waals surface area (Å²) in [6.07, 6.45) is 2.23. The molecule has 0 N–H and O–H groups in total. The van der Waals surface area contributed by atoms with Crippen molar-refractivity contribution < 1.29 is 9.47 Å². The van der Waals surface area contributed by atoms with Crippen molar-refractivity contribution in [1.82, 2.24) is 0 Å². The molecule has 0 spiro atoms. The highest BCUT2D eigenvalue weighted by Crippen LogP contribution is 2.45. The molecule has 26 heavy (non-hydrogen) atoms. The fraction of sp³-hybridized carbons (Fsp3) is 0.250. The van der Waals surface area contributed by atoms with Crippen LogP contribution in [0.1, 0.15) is 47.7 Å². The normalized spacial score (nSPS) is 22.7. The van der Waals surface area contributed by atoms with Crippen molar-refractivity contribution >= 4 is 0 Å². The molecule has 0 saturated carbocycles. The van der Waals surface area contributed by atoms with E-state index in [0.29, 0.717) is 5.92 Å². The van der Waals surface area contributed by atoms with E-state index >= 15 is 0 Å². The molecule has 132 valence electrons. The molecule has 0 aromatic heterocycles. The summed E-state index contributed by atoms with van der Waals surface area (Å²) in [7, 11) is 1.71. The molecule has 1 unspecified atom stereocenters. The topological polar surface area (TPSA) is 18.5 Å². The zero-order valence-electron chi connectivity index (χ0n) is 15.0. The lowest BCUT2D eigenvalue weighted by atomic mass is 9.82. The van der Waals surface area contributed by atoms with Gasteiger partial charge in [-0.15, -0.1) is 0 Å². The number of benzene rings is 3. The van der Waals surface area contributed by atoms with Crippen LogP contribution in [0.15, 0.2) is 84.9 Å². The predicted octanol–water partition coefficient (Wildman–Crippen LogP) is 6.07. The minimum absolute atomic E-state index is 0.113. The molecule has 3 aromatic rings. The van der Waals surface area contributed by atoms with Crippen LogP contribution in [0.5, 0.6) is 5.75 Å². The number of ether oxygens (including phenoxy) is 2. The molecule has 1 aliphatic heterocycles. The quantitative estimate of drug-likeness (QED) is 0.572. The highest BCUT2D eigenvalue weighted by atomic mass is 16.5. The van der Waals surface area contributed by atoms with Gasteiger partial charge < -0.3 is 9.47 Å². The second-order valence-corrected chi connectivity index (χ2v) is 6.88. The molecule has 0 aliphatic carbocycles. The van der Waals surface area contributed by atoms with Crippen molar-refractivity contribution in [2.75, 3.05) is 7.11 Å². The fourth-order valence-corrected chi connectivity index (χ4v) is 3.84. The van der Waals surface area contributed by atoms with Gasteiger partial charge in [0.25, 0.3) is 0 Å². The van der Waals surface area contributed by atoms with Crippen molar-refractivity contribution in [1.29, 1.82) is 0 Å². The third kappa shape index (κ3) is 3.66. The molecule has 3 aromatic carbocycles. The Morgan fingerprint density at radius 3 is 1.62 bits per heavy atom. The van der Waals surface area contributed by atoms with Gasteiger partial charge in [0.05, 0.1) is 19.3 Å². The van der Waals surface area contributed by atoms with Crippen LogP contribution < -0.4 is 4.74 Å². The van der Waals surface area contributed by atoms with E-state index in [1.807, 2.05) is 0 Å². The Morgan fingerprint density at radius 1 is 0.654 bits per heavy atom. The van der Waals surface area contributed by atoms with Crippen LogP contribution in [-0.4, -0.2) is 7.11 Å². The SMILES string of the molecule is COc1ccc(C2C[C@@H](c3ccccc3)O[C@@H](c3ccccc3)C2)cc1. The van der Waals surface area contributed by atoms with Gasteiger partial charge in [0.15, 0.2) is 0 Å². The zero-order valence-corrected chi connectivity index (χ0v) is 15.0. The lowest BCUT2D eigenvalue weighted by Crippen LogP contribution is -2.22. The zero-order chi connectivity index (χ0) is 17.8. The first kappa shape index (κ1) is 16.9. The van der Waals surface area contributed by atoms with Gasteiger partial charge in [-0.05, 0) is 47.6 Å². The summed E-state index contributed by atoms with van der Waals surface area (Å²) in [4.78, 5) is 0. The summed E-state index contributed by atoms with van der Waals surface area (Å²) in [6.45, 7) is 0. The highest BCUT2D eigenvalue weighted by molar-refractivity contribution is 5.31. The van der Waals surface area contributed by atoms with Crippen molar-refractivity contribution in [3.05, 3.63) is 102 Å². The van der Waals surface area contributed by atoms with Gasteiger partial charge >= 0.3 is 0 Å². The Labute approximate surface area is 155 Å². The van der Waals surface area contributed by atoms with Gasteiger partial charge in [0, 0.05) is 0 Å². The summed E-state index contributed by atoms with van der Waals surface area (Å²) >= 11 is 0. The molecule has 2 heteroatoms. The van der Waals surface area contributed by atoms with Gasteiger partial charge in [-0.25, -0.2) is 0 Å². The molecule has 3 atom stereocenters. The molecular weight excluding hydrogens is 320 g/mol. The van der Waals surface area contributed by atoms with E-state index in [0.717, 1.165) is 18.6 Å². The van der Waals surface area contributed by atoms with Crippen LogP contribution in [0.25, 0.3) is 0 Å². The van der Waals surface area contributed by atoms with Crippen LogP contribution in [0.4, 0.5) is 0 Å². The maximum absolute atomic E-state index is 6.53. The Balaban J connectivity index is 1.64. The van der Waals surface area contributed by atoms with E-state index in [2.05, 4.69) is 84.9 Å². The maximum atomic E-state index is 6.53. The van der Waals surface area contributed by atoms with Gasteiger partial charge in [-0.2, -0.15) is 0 Å². The number of hydrogen-bond acceptors (Lipinski definition) is 2.